The van der Waals surface area contributed by atoms with Crippen molar-refractivity contribution in [2.45, 2.75) is 38.1 Å². The molecule has 19 heavy (non-hydrogen) atoms. The molecule has 1 fully saturated rings. The van der Waals surface area contributed by atoms with Crippen molar-refractivity contribution in [3.8, 4) is 0 Å². The van der Waals surface area contributed by atoms with Crippen molar-refractivity contribution in [2.75, 3.05) is 13.1 Å². The first kappa shape index (κ1) is 16.0. The van der Waals surface area contributed by atoms with Crippen molar-refractivity contribution in [3.63, 3.8) is 0 Å². The molecule has 0 spiro atoms. The number of hydrogen-bond acceptors (Lipinski definition) is 2. The fourth-order valence-corrected chi connectivity index (χ4v) is 2.57. The average Bonchev–Trinajstić information content (AvgIpc) is 2.79. The highest BCUT2D eigenvalue weighted by molar-refractivity contribution is 5.85. The van der Waals surface area contributed by atoms with Crippen molar-refractivity contribution in [1.29, 1.82) is 0 Å². The van der Waals surface area contributed by atoms with E-state index >= 15 is 0 Å². The van der Waals surface area contributed by atoms with E-state index in [1.807, 2.05) is 23.1 Å². The summed E-state index contributed by atoms with van der Waals surface area (Å²) in [6, 6.07) is 10.3. The first-order chi connectivity index (χ1) is 8.72. The highest BCUT2D eigenvalue weighted by atomic mass is 35.5. The standard InChI is InChI=1S/C15H22N2O.ClH/c1-2-3-9-15(18)17-10-13(14(16)11-17)12-7-5-4-6-8-12;/h4-8,13-14H,2-3,9-11,16H2,1H3;1H/t13-,14+;/m0./s1. The van der Waals surface area contributed by atoms with Crippen LogP contribution in [0.1, 0.15) is 37.7 Å². The van der Waals surface area contributed by atoms with Gasteiger partial charge in [0.1, 0.15) is 0 Å². The summed E-state index contributed by atoms with van der Waals surface area (Å²) >= 11 is 0. The van der Waals surface area contributed by atoms with E-state index in [9.17, 15) is 4.79 Å². The van der Waals surface area contributed by atoms with Gasteiger partial charge < -0.3 is 10.6 Å². The molecule has 2 rings (SSSR count). The summed E-state index contributed by atoms with van der Waals surface area (Å²) in [5.74, 6) is 0.544. The van der Waals surface area contributed by atoms with Crippen LogP contribution in [-0.2, 0) is 4.79 Å². The highest BCUT2D eigenvalue weighted by Gasteiger charge is 2.33. The maximum atomic E-state index is 12.0. The van der Waals surface area contributed by atoms with E-state index in [2.05, 4.69) is 19.1 Å². The third-order valence-corrected chi connectivity index (χ3v) is 3.69. The summed E-state index contributed by atoms with van der Waals surface area (Å²) in [7, 11) is 0. The fourth-order valence-electron chi connectivity index (χ4n) is 2.57. The normalized spacial score (nSPS) is 22.1. The molecule has 2 atom stereocenters. The molecule has 1 amide bonds. The molecule has 4 heteroatoms. The van der Waals surface area contributed by atoms with Crippen molar-refractivity contribution >= 4 is 18.3 Å². The Balaban J connectivity index is 0.00000180. The van der Waals surface area contributed by atoms with Gasteiger partial charge in [0.2, 0.25) is 5.91 Å². The largest absolute Gasteiger partial charge is 0.340 e. The monoisotopic (exact) mass is 282 g/mol. The first-order valence-corrected chi connectivity index (χ1v) is 6.80. The molecule has 2 N–H and O–H groups in total. The molecule has 1 aromatic carbocycles. The second kappa shape index (κ2) is 7.51. The first-order valence-electron chi connectivity index (χ1n) is 6.80. The number of nitrogens with two attached hydrogens (primary N) is 1. The van der Waals surface area contributed by atoms with E-state index in [4.69, 9.17) is 5.73 Å². The zero-order chi connectivity index (χ0) is 13.0. The SMILES string of the molecule is CCCCC(=O)N1C[C@@H](N)[C@H](c2ccccc2)C1.Cl. The Bertz CT molecular complexity index is 396. The number of hydrogen-bond donors (Lipinski definition) is 1. The van der Waals surface area contributed by atoms with Crippen LogP contribution in [0, 0.1) is 0 Å². The molecule has 1 saturated heterocycles. The molecule has 0 aliphatic carbocycles. The van der Waals surface area contributed by atoms with Crippen LogP contribution < -0.4 is 5.73 Å². The van der Waals surface area contributed by atoms with Crippen LogP contribution in [0.4, 0.5) is 0 Å². The van der Waals surface area contributed by atoms with Crippen LogP contribution in [0.15, 0.2) is 30.3 Å². The zero-order valence-electron chi connectivity index (χ0n) is 11.4. The van der Waals surface area contributed by atoms with Gasteiger partial charge in [0.05, 0.1) is 0 Å². The minimum absolute atomic E-state index is 0. The van der Waals surface area contributed by atoms with Crippen molar-refractivity contribution < 1.29 is 4.79 Å². The second-order valence-corrected chi connectivity index (χ2v) is 5.08. The number of amides is 1. The van der Waals surface area contributed by atoms with Gasteiger partial charge in [0, 0.05) is 31.5 Å². The van der Waals surface area contributed by atoms with E-state index in [0.29, 0.717) is 13.0 Å². The van der Waals surface area contributed by atoms with Gasteiger partial charge in [0.15, 0.2) is 0 Å². The van der Waals surface area contributed by atoms with E-state index in [0.717, 1.165) is 19.4 Å². The van der Waals surface area contributed by atoms with Gasteiger partial charge in [-0.25, -0.2) is 0 Å². The number of halogens is 1. The third-order valence-electron chi connectivity index (χ3n) is 3.69. The number of carbonyl (C=O) groups is 1. The predicted octanol–water partition coefficient (Wildman–Crippen LogP) is 2.55. The molecule has 0 radical (unpaired) electrons. The van der Waals surface area contributed by atoms with Crippen LogP contribution >= 0.6 is 12.4 Å². The smallest absolute Gasteiger partial charge is 0.222 e. The van der Waals surface area contributed by atoms with Crippen LogP contribution in [0.2, 0.25) is 0 Å². The Morgan fingerprint density at radius 1 is 1.32 bits per heavy atom. The topological polar surface area (TPSA) is 46.3 Å². The predicted molar refractivity (Wildman–Crippen MR) is 80.5 cm³/mol. The Morgan fingerprint density at radius 3 is 2.63 bits per heavy atom. The lowest BCUT2D eigenvalue weighted by molar-refractivity contribution is -0.130. The summed E-state index contributed by atoms with van der Waals surface area (Å²) < 4.78 is 0. The minimum Gasteiger partial charge on any atom is -0.340 e. The molecule has 0 aromatic heterocycles. The summed E-state index contributed by atoms with van der Waals surface area (Å²) in [6.45, 7) is 3.58. The maximum absolute atomic E-state index is 12.0. The van der Waals surface area contributed by atoms with Gasteiger partial charge in [-0.15, -0.1) is 12.4 Å². The summed E-state index contributed by atoms with van der Waals surface area (Å²) in [5.41, 5.74) is 7.42. The molecule has 0 bridgehead atoms. The van der Waals surface area contributed by atoms with Gasteiger partial charge in [0.25, 0.3) is 0 Å². The van der Waals surface area contributed by atoms with Crippen molar-refractivity contribution in [3.05, 3.63) is 35.9 Å². The van der Waals surface area contributed by atoms with Gasteiger partial charge in [-0.2, -0.15) is 0 Å². The lowest BCUT2D eigenvalue weighted by Crippen LogP contribution is -2.32. The number of rotatable bonds is 4. The number of likely N-dealkylation sites (tertiary alicyclic amines) is 1. The van der Waals surface area contributed by atoms with Crippen molar-refractivity contribution in [2.24, 2.45) is 5.73 Å². The Morgan fingerprint density at radius 2 is 2.00 bits per heavy atom. The van der Waals surface area contributed by atoms with Gasteiger partial charge in [-0.05, 0) is 12.0 Å². The summed E-state index contributed by atoms with van der Waals surface area (Å²) in [4.78, 5) is 13.9. The van der Waals surface area contributed by atoms with Crippen LogP contribution in [0.25, 0.3) is 0 Å². The molecule has 3 nitrogen and oxygen atoms in total. The van der Waals surface area contributed by atoms with Gasteiger partial charge in [-0.3, -0.25) is 4.79 Å². The molecule has 1 aliphatic heterocycles. The average molecular weight is 283 g/mol. The van der Waals surface area contributed by atoms with Gasteiger partial charge >= 0.3 is 0 Å². The molecule has 0 saturated carbocycles. The Hall–Kier alpha value is -1.06. The molecule has 0 unspecified atom stereocenters. The lowest BCUT2D eigenvalue weighted by atomic mass is 9.95. The number of benzene rings is 1. The lowest BCUT2D eigenvalue weighted by Gasteiger charge is -2.16. The van der Waals surface area contributed by atoms with Crippen molar-refractivity contribution in [1.82, 2.24) is 4.90 Å². The molecule has 1 heterocycles. The van der Waals surface area contributed by atoms with Crippen LogP contribution in [0.3, 0.4) is 0 Å². The quantitative estimate of drug-likeness (QED) is 0.922. The Kier molecular flexibility index (Phi) is 6.32. The number of carbonyl (C=O) groups excluding carboxylic acids is 1. The zero-order valence-corrected chi connectivity index (χ0v) is 12.2. The molecule has 106 valence electrons. The summed E-state index contributed by atoms with van der Waals surface area (Å²) in [6.07, 6.45) is 2.69. The molecule has 1 aliphatic rings. The minimum atomic E-state index is 0. The number of nitrogens with zero attached hydrogens (tertiary/aromatic N) is 1. The molecular formula is C15H23ClN2O. The van der Waals surface area contributed by atoms with Crippen LogP contribution in [0.5, 0.6) is 0 Å². The van der Waals surface area contributed by atoms with Gasteiger partial charge in [-0.1, -0.05) is 43.7 Å². The summed E-state index contributed by atoms with van der Waals surface area (Å²) in [5, 5.41) is 0. The second-order valence-electron chi connectivity index (χ2n) is 5.08. The van der Waals surface area contributed by atoms with E-state index in [1.165, 1.54) is 5.56 Å². The van der Waals surface area contributed by atoms with E-state index in [1.54, 1.807) is 0 Å². The third kappa shape index (κ3) is 3.95. The molecule has 1 aromatic rings. The fraction of sp³-hybridized carbons (Fsp3) is 0.533. The highest BCUT2D eigenvalue weighted by Crippen LogP contribution is 2.26. The maximum Gasteiger partial charge on any atom is 0.222 e. The Labute approximate surface area is 121 Å². The number of unbranched alkanes of at least 4 members (excludes halogenated alkanes) is 1. The van der Waals surface area contributed by atoms with E-state index < -0.39 is 0 Å². The molecular weight excluding hydrogens is 260 g/mol. The van der Waals surface area contributed by atoms with Crippen LogP contribution in [-0.4, -0.2) is 29.9 Å². The van der Waals surface area contributed by atoms with E-state index in [-0.39, 0.29) is 30.3 Å².